The summed E-state index contributed by atoms with van der Waals surface area (Å²) < 4.78 is 0. The molecule has 0 radical (unpaired) electrons. The molecule has 4 heteroatoms. The van der Waals surface area contributed by atoms with Crippen LogP contribution in [-0.4, -0.2) is 29.1 Å². The Bertz CT molecular complexity index is 341. The van der Waals surface area contributed by atoms with Crippen molar-refractivity contribution >= 4 is 29.9 Å². The second kappa shape index (κ2) is 8.01. The molecule has 0 aliphatic carbocycles. The lowest BCUT2D eigenvalue weighted by atomic mass is 10.4. The minimum atomic E-state index is -1.58. The van der Waals surface area contributed by atoms with Crippen molar-refractivity contribution in [1.29, 1.82) is 0 Å². The number of benzene rings is 2. The summed E-state index contributed by atoms with van der Waals surface area (Å²) in [5.74, 6) is 0. The molecule has 0 aromatic heterocycles. The van der Waals surface area contributed by atoms with E-state index in [2.05, 4.69) is 60.7 Å². The minimum absolute atomic E-state index is 0.234. The number of hydrogen-bond acceptors (Lipinski definition) is 2. The second-order valence-electron chi connectivity index (χ2n) is 3.29. The summed E-state index contributed by atoms with van der Waals surface area (Å²) >= 11 is 0. The highest BCUT2D eigenvalue weighted by atomic mass is 28.2. The molecule has 0 atom stereocenters. The summed E-state index contributed by atoms with van der Waals surface area (Å²) in [6.45, 7) is 0. The molecule has 0 spiro atoms. The zero-order chi connectivity index (χ0) is 11.6. The van der Waals surface area contributed by atoms with Gasteiger partial charge >= 0.3 is 0 Å². The average Bonchev–Trinajstić information content (AvgIpc) is 2.33. The topological polar surface area (TPSA) is 40.5 Å². The maximum atomic E-state index is 7.26. The molecule has 0 aliphatic heterocycles. The Labute approximate surface area is 100 Å². The normalized spacial score (nSPS) is 9.12. The van der Waals surface area contributed by atoms with E-state index in [4.69, 9.17) is 9.59 Å². The van der Waals surface area contributed by atoms with E-state index < -0.39 is 10.0 Å². The van der Waals surface area contributed by atoms with Gasteiger partial charge in [0.1, 0.15) is 0 Å². The third-order valence-electron chi connectivity index (χ3n) is 2.09. The largest absolute Gasteiger partial charge is 0.415 e. The Morgan fingerprint density at radius 3 is 1.25 bits per heavy atom. The molecule has 2 rings (SSSR count). The standard InChI is InChI=1S/C12H12Si.H4O2Si/c1-3-7-11(8-4-1)13-12-9-5-2-6-10-12;1-3-2/h1-10H,13H2;1-2H,3H2. The Morgan fingerprint density at radius 1 is 0.625 bits per heavy atom. The van der Waals surface area contributed by atoms with E-state index in [1.165, 1.54) is 10.4 Å². The highest BCUT2D eigenvalue weighted by molar-refractivity contribution is 6.67. The maximum absolute atomic E-state index is 7.26. The van der Waals surface area contributed by atoms with Gasteiger partial charge in [-0.2, -0.15) is 0 Å². The van der Waals surface area contributed by atoms with Crippen LogP contribution < -0.4 is 10.4 Å². The molecule has 0 aliphatic rings. The van der Waals surface area contributed by atoms with E-state index in [1.807, 2.05) is 0 Å². The van der Waals surface area contributed by atoms with Crippen molar-refractivity contribution in [2.24, 2.45) is 0 Å². The van der Waals surface area contributed by atoms with Crippen LogP contribution in [0, 0.1) is 0 Å². The lowest BCUT2D eigenvalue weighted by Gasteiger charge is -1.99. The van der Waals surface area contributed by atoms with Crippen molar-refractivity contribution in [3.63, 3.8) is 0 Å². The fraction of sp³-hybridized carbons (Fsp3) is 0. The number of hydrogen-bond donors (Lipinski definition) is 2. The fourth-order valence-corrected chi connectivity index (χ4v) is 2.91. The van der Waals surface area contributed by atoms with Crippen molar-refractivity contribution in [3.8, 4) is 0 Å². The minimum Gasteiger partial charge on any atom is -0.415 e. The SMILES string of the molecule is O[SiH2]O.c1ccc([SiH2]c2ccccc2)cc1. The zero-order valence-corrected chi connectivity index (χ0v) is 11.9. The predicted octanol–water partition coefficient (Wildman–Crippen LogP) is -1.22. The summed E-state index contributed by atoms with van der Waals surface area (Å²) in [6, 6.07) is 21.5. The quantitative estimate of drug-likeness (QED) is 0.654. The highest BCUT2D eigenvalue weighted by Gasteiger charge is 1.93. The first-order valence-corrected chi connectivity index (χ1v) is 7.84. The van der Waals surface area contributed by atoms with E-state index >= 15 is 0 Å². The Hall–Kier alpha value is -1.21. The summed E-state index contributed by atoms with van der Waals surface area (Å²) in [6.07, 6.45) is 0. The molecule has 2 aromatic carbocycles. The van der Waals surface area contributed by atoms with Gasteiger partial charge in [-0.3, -0.25) is 0 Å². The van der Waals surface area contributed by atoms with Gasteiger partial charge in [-0.15, -0.1) is 0 Å². The molecule has 2 N–H and O–H groups in total. The van der Waals surface area contributed by atoms with E-state index in [0.717, 1.165) is 0 Å². The van der Waals surface area contributed by atoms with Gasteiger partial charge in [0.15, 0.2) is 0 Å². The number of rotatable bonds is 2. The molecule has 2 nitrogen and oxygen atoms in total. The third kappa shape index (κ3) is 5.04. The van der Waals surface area contributed by atoms with Crippen LogP contribution in [0.3, 0.4) is 0 Å². The molecular weight excluding hydrogens is 232 g/mol. The predicted molar refractivity (Wildman–Crippen MR) is 73.7 cm³/mol. The van der Waals surface area contributed by atoms with Crippen LogP contribution in [0.4, 0.5) is 0 Å². The first kappa shape index (κ1) is 12.9. The zero-order valence-electron chi connectivity index (χ0n) is 9.08. The average molecular weight is 248 g/mol. The highest BCUT2D eigenvalue weighted by Crippen LogP contribution is 1.84. The fourth-order valence-electron chi connectivity index (χ4n) is 1.43. The van der Waals surface area contributed by atoms with Gasteiger partial charge in [0.2, 0.25) is 0 Å². The molecule has 16 heavy (non-hydrogen) atoms. The molecule has 0 unspecified atom stereocenters. The van der Waals surface area contributed by atoms with Crippen molar-refractivity contribution in [3.05, 3.63) is 60.7 Å². The van der Waals surface area contributed by atoms with E-state index in [1.54, 1.807) is 0 Å². The lowest BCUT2D eigenvalue weighted by Crippen LogP contribution is -2.26. The molecule has 0 amide bonds. The van der Waals surface area contributed by atoms with Crippen molar-refractivity contribution in [2.75, 3.05) is 0 Å². The second-order valence-corrected chi connectivity index (χ2v) is 5.56. The Morgan fingerprint density at radius 2 is 0.938 bits per heavy atom. The molecule has 84 valence electrons. The van der Waals surface area contributed by atoms with Crippen molar-refractivity contribution < 1.29 is 9.59 Å². The summed E-state index contributed by atoms with van der Waals surface area (Å²) in [5, 5.41) is 3.02. The molecule has 0 bridgehead atoms. The first-order chi connectivity index (χ1) is 7.86. The third-order valence-corrected chi connectivity index (χ3v) is 3.85. The van der Waals surface area contributed by atoms with Gasteiger partial charge in [-0.05, 0) is 0 Å². The van der Waals surface area contributed by atoms with Crippen molar-refractivity contribution in [2.45, 2.75) is 0 Å². The summed E-state index contributed by atoms with van der Waals surface area (Å²) in [5.41, 5.74) is 0. The monoisotopic (exact) mass is 248 g/mol. The molecule has 0 fully saturated rings. The van der Waals surface area contributed by atoms with E-state index in [-0.39, 0.29) is 9.52 Å². The van der Waals surface area contributed by atoms with Crippen LogP contribution in [0.2, 0.25) is 0 Å². The lowest BCUT2D eigenvalue weighted by molar-refractivity contribution is 0.448. The van der Waals surface area contributed by atoms with Crippen LogP contribution >= 0.6 is 0 Å². The molecule has 0 saturated heterocycles. The molecule has 0 saturated carbocycles. The molecule has 0 heterocycles. The van der Waals surface area contributed by atoms with E-state index in [0.29, 0.717) is 0 Å². The van der Waals surface area contributed by atoms with Crippen LogP contribution in [0.5, 0.6) is 0 Å². The van der Waals surface area contributed by atoms with E-state index in [9.17, 15) is 0 Å². The molecular formula is C12H16O2Si2. The maximum Gasteiger partial charge on any atom is 0.299 e. The van der Waals surface area contributed by atoms with Gasteiger partial charge in [0.25, 0.3) is 10.0 Å². The summed E-state index contributed by atoms with van der Waals surface area (Å²) in [4.78, 5) is 14.5. The van der Waals surface area contributed by atoms with Gasteiger partial charge in [-0.25, -0.2) is 0 Å². The summed E-state index contributed by atoms with van der Waals surface area (Å²) in [7, 11) is -1.82. The van der Waals surface area contributed by atoms with Crippen molar-refractivity contribution in [1.82, 2.24) is 0 Å². The smallest absolute Gasteiger partial charge is 0.299 e. The van der Waals surface area contributed by atoms with Gasteiger partial charge < -0.3 is 9.59 Å². The molecule has 2 aromatic rings. The Balaban J connectivity index is 0.000000386. The van der Waals surface area contributed by atoms with Gasteiger partial charge in [-0.1, -0.05) is 71.0 Å². The van der Waals surface area contributed by atoms with Gasteiger partial charge in [0.05, 0.1) is 9.52 Å². The van der Waals surface area contributed by atoms with Crippen LogP contribution in [0.15, 0.2) is 60.7 Å². The van der Waals surface area contributed by atoms with Crippen LogP contribution in [0.25, 0.3) is 0 Å². The van der Waals surface area contributed by atoms with Gasteiger partial charge in [0, 0.05) is 0 Å². The van der Waals surface area contributed by atoms with Crippen LogP contribution in [-0.2, 0) is 0 Å². The van der Waals surface area contributed by atoms with Crippen LogP contribution in [0.1, 0.15) is 0 Å². The Kier molecular flexibility index (Phi) is 6.44. The first-order valence-electron chi connectivity index (χ1n) is 5.16.